The Kier molecular flexibility index (Phi) is 4.06. The molecule has 1 aliphatic carbocycles. The fourth-order valence-corrected chi connectivity index (χ4v) is 3.69. The SMILES string of the molecule is CN1CC[C@@H](CNC(=O)c2ocnc2C2CC2)[C@@H]1c1cccnc1. The number of carbonyl (C=O) groups excluding carboxylic acids is 1. The summed E-state index contributed by atoms with van der Waals surface area (Å²) in [6.45, 7) is 1.66. The van der Waals surface area contributed by atoms with Crippen molar-refractivity contribution in [1.82, 2.24) is 20.2 Å². The van der Waals surface area contributed by atoms with Gasteiger partial charge in [-0.3, -0.25) is 14.7 Å². The summed E-state index contributed by atoms with van der Waals surface area (Å²) >= 11 is 0. The highest BCUT2D eigenvalue weighted by atomic mass is 16.3. The van der Waals surface area contributed by atoms with Crippen molar-refractivity contribution >= 4 is 5.91 Å². The molecule has 6 heteroatoms. The predicted octanol–water partition coefficient (Wildman–Crippen LogP) is 2.37. The standard InChI is InChI=1S/C18H22N4O2/c1-22-8-6-14(16(22)13-3-2-7-19-9-13)10-20-18(23)17-15(12-4-5-12)21-11-24-17/h2-3,7,9,11-12,14,16H,4-6,8,10H2,1H3,(H,20,23)/t14-,16-/m0/s1. The number of nitrogens with zero attached hydrogens (tertiary/aromatic N) is 3. The maximum Gasteiger partial charge on any atom is 0.289 e. The largest absolute Gasteiger partial charge is 0.438 e. The lowest BCUT2D eigenvalue weighted by Crippen LogP contribution is -2.32. The molecule has 1 saturated carbocycles. The second-order valence-corrected chi connectivity index (χ2v) is 6.81. The molecule has 24 heavy (non-hydrogen) atoms. The van der Waals surface area contributed by atoms with Gasteiger partial charge in [-0.2, -0.15) is 0 Å². The van der Waals surface area contributed by atoms with Crippen LogP contribution in [-0.2, 0) is 0 Å². The maximum absolute atomic E-state index is 12.5. The van der Waals surface area contributed by atoms with E-state index in [0.29, 0.717) is 24.1 Å². The first kappa shape index (κ1) is 15.3. The third-order valence-corrected chi connectivity index (χ3v) is 5.09. The fraction of sp³-hybridized carbons (Fsp3) is 0.500. The number of amides is 1. The smallest absolute Gasteiger partial charge is 0.289 e. The third-order valence-electron chi connectivity index (χ3n) is 5.09. The Bertz CT molecular complexity index is 711. The fourth-order valence-electron chi connectivity index (χ4n) is 3.69. The number of rotatable bonds is 5. The molecular formula is C18H22N4O2. The van der Waals surface area contributed by atoms with Crippen molar-refractivity contribution in [2.75, 3.05) is 20.1 Å². The van der Waals surface area contributed by atoms with Crippen LogP contribution in [0.2, 0.25) is 0 Å². The Balaban J connectivity index is 1.43. The summed E-state index contributed by atoms with van der Waals surface area (Å²) in [6, 6.07) is 4.36. The van der Waals surface area contributed by atoms with Crippen molar-refractivity contribution in [2.45, 2.75) is 31.2 Å². The Morgan fingerprint density at radius 3 is 3.04 bits per heavy atom. The minimum Gasteiger partial charge on any atom is -0.438 e. The number of carbonyl (C=O) groups is 1. The van der Waals surface area contributed by atoms with E-state index in [4.69, 9.17) is 4.42 Å². The van der Waals surface area contributed by atoms with Gasteiger partial charge in [0.05, 0.1) is 5.69 Å². The van der Waals surface area contributed by atoms with Gasteiger partial charge < -0.3 is 9.73 Å². The van der Waals surface area contributed by atoms with E-state index in [1.165, 1.54) is 12.0 Å². The lowest BCUT2D eigenvalue weighted by Gasteiger charge is -2.25. The highest BCUT2D eigenvalue weighted by Gasteiger charge is 2.35. The molecule has 2 aromatic rings. The van der Waals surface area contributed by atoms with Crippen molar-refractivity contribution < 1.29 is 9.21 Å². The predicted molar refractivity (Wildman–Crippen MR) is 88.5 cm³/mol. The number of hydrogen-bond donors (Lipinski definition) is 1. The van der Waals surface area contributed by atoms with Gasteiger partial charge in [-0.25, -0.2) is 4.98 Å². The van der Waals surface area contributed by atoms with Gasteiger partial charge in [0, 0.05) is 30.9 Å². The van der Waals surface area contributed by atoms with E-state index in [0.717, 1.165) is 31.5 Å². The van der Waals surface area contributed by atoms with E-state index < -0.39 is 0 Å². The third kappa shape index (κ3) is 2.94. The van der Waals surface area contributed by atoms with Crippen molar-refractivity contribution in [3.05, 3.63) is 47.9 Å². The van der Waals surface area contributed by atoms with Gasteiger partial charge in [0.15, 0.2) is 6.39 Å². The Morgan fingerprint density at radius 1 is 1.42 bits per heavy atom. The highest BCUT2D eigenvalue weighted by Crippen LogP contribution is 2.41. The minimum absolute atomic E-state index is 0.145. The molecule has 126 valence electrons. The average molecular weight is 326 g/mol. The first-order valence-electron chi connectivity index (χ1n) is 8.56. The van der Waals surface area contributed by atoms with Crippen LogP contribution in [-0.4, -0.2) is 40.9 Å². The number of aromatic nitrogens is 2. The normalized spacial score (nSPS) is 24.2. The van der Waals surface area contributed by atoms with Crippen LogP contribution in [0.5, 0.6) is 0 Å². The van der Waals surface area contributed by atoms with E-state index in [-0.39, 0.29) is 11.9 Å². The molecule has 0 bridgehead atoms. The monoisotopic (exact) mass is 326 g/mol. The molecule has 1 amide bonds. The molecule has 1 saturated heterocycles. The van der Waals surface area contributed by atoms with Gasteiger partial charge in [0.2, 0.25) is 5.76 Å². The molecule has 0 spiro atoms. The van der Waals surface area contributed by atoms with Gasteiger partial charge in [-0.1, -0.05) is 6.07 Å². The van der Waals surface area contributed by atoms with Gasteiger partial charge in [-0.05, 0) is 50.4 Å². The summed E-state index contributed by atoms with van der Waals surface area (Å²) in [4.78, 5) is 23.2. The molecule has 4 rings (SSSR count). The number of nitrogens with one attached hydrogen (secondary N) is 1. The summed E-state index contributed by atoms with van der Waals surface area (Å²) in [6.07, 6.45) is 8.35. The van der Waals surface area contributed by atoms with Crippen LogP contribution in [0.15, 0.2) is 35.3 Å². The molecule has 0 aromatic carbocycles. The van der Waals surface area contributed by atoms with Crippen LogP contribution >= 0.6 is 0 Å². The number of hydrogen-bond acceptors (Lipinski definition) is 5. The van der Waals surface area contributed by atoms with Crippen LogP contribution in [0, 0.1) is 5.92 Å². The second-order valence-electron chi connectivity index (χ2n) is 6.81. The molecule has 0 unspecified atom stereocenters. The van der Waals surface area contributed by atoms with Gasteiger partial charge in [0.25, 0.3) is 5.91 Å². The van der Waals surface area contributed by atoms with E-state index in [9.17, 15) is 4.79 Å². The van der Waals surface area contributed by atoms with Crippen molar-refractivity contribution in [2.24, 2.45) is 5.92 Å². The first-order chi connectivity index (χ1) is 11.7. The minimum atomic E-state index is -0.145. The van der Waals surface area contributed by atoms with Crippen LogP contribution < -0.4 is 5.32 Å². The first-order valence-corrected chi connectivity index (χ1v) is 8.56. The summed E-state index contributed by atoms with van der Waals surface area (Å²) in [5.41, 5.74) is 2.02. The van der Waals surface area contributed by atoms with Crippen molar-refractivity contribution in [3.8, 4) is 0 Å². The molecule has 0 radical (unpaired) electrons. The number of pyridine rings is 1. The zero-order valence-electron chi connectivity index (χ0n) is 13.8. The lowest BCUT2D eigenvalue weighted by atomic mass is 9.94. The second kappa shape index (κ2) is 6.36. The lowest BCUT2D eigenvalue weighted by molar-refractivity contribution is 0.0914. The van der Waals surface area contributed by atoms with E-state index >= 15 is 0 Å². The number of oxazole rings is 1. The molecule has 2 aromatic heterocycles. The topological polar surface area (TPSA) is 71.3 Å². The Hall–Kier alpha value is -2.21. The molecule has 2 atom stereocenters. The Morgan fingerprint density at radius 2 is 2.29 bits per heavy atom. The summed E-state index contributed by atoms with van der Waals surface area (Å²) in [5.74, 6) is 1.02. The van der Waals surface area contributed by atoms with Crippen LogP contribution in [0.4, 0.5) is 0 Å². The summed E-state index contributed by atoms with van der Waals surface area (Å²) < 4.78 is 5.33. The van der Waals surface area contributed by atoms with E-state index in [1.54, 1.807) is 6.20 Å². The van der Waals surface area contributed by atoms with Crippen molar-refractivity contribution in [1.29, 1.82) is 0 Å². The number of likely N-dealkylation sites (tertiary alicyclic amines) is 1. The van der Waals surface area contributed by atoms with Crippen LogP contribution in [0.25, 0.3) is 0 Å². The molecular weight excluding hydrogens is 304 g/mol. The molecule has 1 N–H and O–H groups in total. The van der Waals surface area contributed by atoms with Crippen LogP contribution in [0.1, 0.15) is 53.0 Å². The molecule has 1 aliphatic heterocycles. The van der Waals surface area contributed by atoms with Crippen LogP contribution in [0.3, 0.4) is 0 Å². The summed E-state index contributed by atoms with van der Waals surface area (Å²) in [5, 5.41) is 3.05. The van der Waals surface area contributed by atoms with Crippen molar-refractivity contribution in [3.63, 3.8) is 0 Å². The zero-order valence-corrected chi connectivity index (χ0v) is 13.8. The Labute approximate surface area is 141 Å². The van der Waals surface area contributed by atoms with E-state index in [2.05, 4.69) is 33.3 Å². The van der Waals surface area contributed by atoms with Gasteiger partial charge in [0.1, 0.15) is 0 Å². The molecule has 2 aliphatic rings. The highest BCUT2D eigenvalue weighted by molar-refractivity contribution is 5.92. The summed E-state index contributed by atoms with van der Waals surface area (Å²) in [7, 11) is 2.13. The quantitative estimate of drug-likeness (QED) is 0.913. The molecule has 6 nitrogen and oxygen atoms in total. The van der Waals surface area contributed by atoms with Gasteiger partial charge in [-0.15, -0.1) is 0 Å². The molecule has 2 fully saturated rings. The maximum atomic E-state index is 12.5. The van der Waals surface area contributed by atoms with E-state index in [1.807, 2.05) is 12.3 Å². The molecule has 3 heterocycles. The van der Waals surface area contributed by atoms with Gasteiger partial charge >= 0.3 is 0 Å². The zero-order chi connectivity index (χ0) is 16.5. The average Bonchev–Trinajstić information content (AvgIpc) is 3.21.